The lowest BCUT2D eigenvalue weighted by atomic mass is 10.2. The van der Waals surface area contributed by atoms with Crippen molar-refractivity contribution >= 4 is 27.8 Å². The lowest BCUT2D eigenvalue weighted by Crippen LogP contribution is -2.39. The molecule has 3 aromatic rings. The summed E-state index contributed by atoms with van der Waals surface area (Å²) in [7, 11) is -4.14. The highest BCUT2D eigenvalue weighted by atomic mass is 32.2. The van der Waals surface area contributed by atoms with Crippen LogP contribution >= 0.6 is 0 Å². The van der Waals surface area contributed by atoms with Crippen LogP contribution in [0.1, 0.15) is 11.1 Å². The van der Waals surface area contributed by atoms with Gasteiger partial charge in [0.2, 0.25) is 0 Å². The number of hydrogen-bond donors (Lipinski definition) is 1. The maximum absolute atomic E-state index is 13.3. The molecule has 0 radical (unpaired) electrons. The van der Waals surface area contributed by atoms with Crippen molar-refractivity contribution in [2.75, 3.05) is 17.5 Å². The van der Waals surface area contributed by atoms with Crippen molar-refractivity contribution in [1.29, 1.82) is 0 Å². The Morgan fingerprint density at radius 1 is 1.06 bits per heavy atom. The summed E-state index contributed by atoms with van der Waals surface area (Å²) in [6, 6.07) is 18.1. The summed E-state index contributed by atoms with van der Waals surface area (Å²) in [5.74, 6) is -0.539. The van der Waals surface area contributed by atoms with Gasteiger partial charge in [0.05, 0.1) is 16.8 Å². The second-order valence-corrected chi connectivity index (χ2v) is 9.13. The molecule has 0 saturated heterocycles. The van der Waals surface area contributed by atoms with Crippen LogP contribution in [0.3, 0.4) is 0 Å². The quantitative estimate of drug-likeness (QED) is 0.269. The molecule has 7 nitrogen and oxygen atoms in total. The van der Waals surface area contributed by atoms with Gasteiger partial charge in [-0.05, 0) is 73.2 Å². The van der Waals surface area contributed by atoms with Crippen LogP contribution in [0.4, 0.5) is 10.1 Å². The van der Waals surface area contributed by atoms with E-state index in [9.17, 15) is 17.6 Å². The second-order valence-electron chi connectivity index (χ2n) is 7.26. The lowest BCUT2D eigenvalue weighted by Gasteiger charge is -2.23. The topological polar surface area (TPSA) is 88.1 Å². The highest BCUT2D eigenvalue weighted by Gasteiger charge is 2.27. The molecule has 34 heavy (non-hydrogen) atoms. The van der Waals surface area contributed by atoms with Gasteiger partial charge in [-0.1, -0.05) is 30.4 Å². The largest absolute Gasteiger partial charge is 0.490 e. The molecule has 0 aliphatic carbocycles. The maximum Gasteiger partial charge on any atom is 0.264 e. The van der Waals surface area contributed by atoms with Crippen molar-refractivity contribution in [2.45, 2.75) is 11.8 Å². The van der Waals surface area contributed by atoms with Gasteiger partial charge in [-0.2, -0.15) is 5.10 Å². The number of hydrogen-bond acceptors (Lipinski definition) is 5. The van der Waals surface area contributed by atoms with Gasteiger partial charge >= 0.3 is 0 Å². The molecular weight excluding hydrogens is 457 g/mol. The number of carbonyl (C=O) groups is 1. The molecule has 0 aliphatic heterocycles. The molecule has 0 bridgehead atoms. The van der Waals surface area contributed by atoms with Crippen molar-refractivity contribution in [3.63, 3.8) is 0 Å². The first kappa shape index (κ1) is 24.7. The summed E-state index contributed by atoms with van der Waals surface area (Å²) < 4.78 is 46.1. The minimum absolute atomic E-state index is 0.135. The average Bonchev–Trinajstić information content (AvgIpc) is 2.83. The predicted octanol–water partition coefficient (Wildman–Crippen LogP) is 4.04. The zero-order valence-electron chi connectivity index (χ0n) is 18.5. The number of ether oxygens (including phenoxy) is 1. The fourth-order valence-electron chi connectivity index (χ4n) is 2.91. The van der Waals surface area contributed by atoms with Crippen LogP contribution in [0.2, 0.25) is 0 Å². The first-order chi connectivity index (χ1) is 16.3. The number of benzene rings is 3. The third-order valence-corrected chi connectivity index (χ3v) is 6.45. The molecule has 3 rings (SSSR count). The number of halogens is 1. The van der Waals surface area contributed by atoms with Crippen LogP contribution in [-0.4, -0.2) is 33.7 Å². The van der Waals surface area contributed by atoms with Gasteiger partial charge in [0.25, 0.3) is 15.9 Å². The minimum Gasteiger partial charge on any atom is -0.490 e. The highest BCUT2D eigenvalue weighted by molar-refractivity contribution is 7.92. The van der Waals surface area contributed by atoms with E-state index in [-0.39, 0.29) is 4.90 Å². The van der Waals surface area contributed by atoms with Crippen molar-refractivity contribution in [3.8, 4) is 5.75 Å². The summed E-state index contributed by atoms with van der Waals surface area (Å²) in [6.45, 7) is 5.32. The number of nitrogens with zero attached hydrogens (tertiary/aromatic N) is 2. The monoisotopic (exact) mass is 481 g/mol. The summed E-state index contributed by atoms with van der Waals surface area (Å²) in [5.41, 5.74) is 4.28. The molecule has 0 aromatic heterocycles. The molecule has 0 unspecified atom stereocenters. The van der Waals surface area contributed by atoms with E-state index in [2.05, 4.69) is 17.1 Å². The first-order valence-corrected chi connectivity index (χ1v) is 11.7. The Bertz CT molecular complexity index is 1260. The van der Waals surface area contributed by atoms with Crippen LogP contribution in [0.5, 0.6) is 5.75 Å². The molecule has 176 valence electrons. The van der Waals surface area contributed by atoms with E-state index in [4.69, 9.17) is 4.74 Å². The molecule has 0 fully saturated rings. The molecular formula is C25H24FN3O4S. The molecule has 0 saturated carbocycles. The van der Waals surface area contributed by atoms with E-state index >= 15 is 0 Å². The zero-order chi connectivity index (χ0) is 24.6. The fourth-order valence-corrected chi connectivity index (χ4v) is 4.33. The molecule has 0 heterocycles. The number of amides is 1. The summed E-state index contributed by atoms with van der Waals surface area (Å²) in [6.07, 6.45) is 3.07. The number of nitrogens with one attached hydrogen (secondary N) is 1. The maximum atomic E-state index is 13.3. The van der Waals surface area contributed by atoms with Crippen LogP contribution in [0.25, 0.3) is 0 Å². The Labute approximate surface area is 198 Å². The summed E-state index contributed by atoms with van der Waals surface area (Å²) in [5, 5.41) is 3.91. The standard InChI is InChI=1S/C25H24FN3O4S/c1-3-16-33-23-12-6-20(7-13-23)17-27-28-25(30)18-29(22-10-4-19(2)5-11-22)34(31,32)24-14-8-21(26)9-15-24/h3-15,17H,1,16,18H2,2H3,(H,28,30)/b27-17-. The van der Waals surface area contributed by atoms with E-state index in [0.29, 0.717) is 23.6 Å². The smallest absolute Gasteiger partial charge is 0.264 e. The van der Waals surface area contributed by atoms with E-state index < -0.39 is 28.3 Å². The normalized spacial score (nSPS) is 11.2. The van der Waals surface area contributed by atoms with E-state index in [1.54, 1.807) is 54.6 Å². The van der Waals surface area contributed by atoms with Gasteiger partial charge in [0, 0.05) is 0 Å². The number of rotatable bonds is 10. The van der Waals surface area contributed by atoms with Crippen LogP contribution < -0.4 is 14.5 Å². The van der Waals surface area contributed by atoms with Gasteiger partial charge in [0.1, 0.15) is 24.7 Å². The lowest BCUT2D eigenvalue weighted by molar-refractivity contribution is -0.119. The van der Waals surface area contributed by atoms with Crippen molar-refractivity contribution in [1.82, 2.24) is 5.43 Å². The molecule has 9 heteroatoms. The predicted molar refractivity (Wildman–Crippen MR) is 130 cm³/mol. The van der Waals surface area contributed by atoms with Crippen LogP contribution in [0, 0.1) is 12.7 Å². The first-order valence-electron chi connectivity index (χ1n) is 10.3. The van der Waals surface area contributed by atoms with E-state index in [0.717, 1.165) is 34.1 Å². The van der Waals surface area contributed by atoms with Gasteiger partial charge in [0.15, 0.2) is 0 Å². The van der Waals surface area contributed by atoms with Crippen molar-refractivity contribution in [2.24, 2.45) is 5.10 Å². The zero-order valence-corrected chi connectivity index (χ0v) is 19.3. The number of sulfonamides is 1. The van der Waals surface area contributed by atoms with Crippen LogP contribution in [0.15, 0.2) is 95.4 Å². The molecule has 3 aromatic carbocycles. The van der Waals surface area contributed by atoms with E-state index in [1.807, 2.05) is 6.92 Å². The second kappa shape index (κ2) is 11.2. The fraction of sp³-hybridized carbons (Fsp3) is 0.120. The molecule has 1 N–H and O–H groups in total. The van der Waals surface area contributed by atoms with Crippen molar-refractivity contribution < 1.29 is 22.3 Å². The van der Waals surface area contributed by atoms with E-state index in [1.165, 1.54) is 6.21 Å². The summed E-state index contributed by atoms with van der Waals surface area (Å²) in [4.78, 5) is 12.4. The van der Waals surface area contributed by atoms with Gasteiger partial charge in [-0.3, -0.25) is 9.10 Å². The Morgan fingerprint density at radius 2 is 1.71 bits per heavy atom. The minimum atomic E-state index is -4.14. The Balaban J connectivity index is 1.75. The molecule has 0 aliphatic rings. The van der Waals surface area contributed by atoms with Gasteiger partial charge in [-0.15, -0.1) is 0 Å². The van der Waals surface area contributed by atoms with Gasteiger partial charge in [-0.25, -0.2) is 18.2 Å². The third kappa shape index (κ3) is 6.52. The Morgan fingerprint density at radius 3 is 2.32 bits per heavy atom. The molecule has 0 atom stereocenters. The van der Waals surface area contributed by atoms with Crippen LogP contribution in [-0.2, 0) is 14.8 Å². The number of hydrazone groups is 1. The summed E-state index contributed by atoms with van der Waals surface area (Å²) >= 11 is 0. The number of aryl methyl sites for hydroxylation is 1. The number of carbonyl (C=O) groups excluding carboxylic acids is 1. The Hall–Kier alpha value is -3.98. The molecule has 1 amide bonds. The van der Waals surface area contributed by atoms with Gasteiger partial charge < -0.3 is 4.74 Å². The Kier molecular flexibility index (Phi) is 8.15. The highest BCUT2D eigenvalue weighted by Crippen LogP contribution is 2.24. The third-order valence-electron chi connectivity index (χ3n) is 4.66. The average molecular weight is 482 g/mol. The number of anilines is 1. The van der Waals surface area contributed by atoms with Crippen molar-refractivity contribution in [3.05, 3.63) is 102 Å². The molecule has 0 spiro atoms. The SMILES string of the molecule is C=CCOc1ccc(/C=N\NC(=O)CN(c2ccc(C)cc2)S(=O)(=O)c2ccc(F)cc2)cc1.